The summed E-state index contributed by atoms with van der Waals surface area (Å²) in [6, 6.07) is 8.06. The standard InChI is InChI=1S/C31H49N3O7/c1-21(29(38)39)18-25(28(37)32-17-11-16-22-12-7-5-8-13-22)33-27(36)20-26(35)24(19-23-14-9-6-10-15-23)34-30(40)41-31(2,3)4/h5,7-8,12-13,21,23-26,35H,6,9-11,14-20H2,1-4H3,(H,32,37)(H,33,36)(H,34,40)(H,38,39)/t21?,24-,25-,26-/m0/s1. The number of carbonyl (C=O) groups is 4. The second-order valence-corrected chi connectivity index (χ2v) is 12.2. The first-order chi connectivity index (χ1) is 19.3. The van der Waals surface area contributed by atoms with Gasteiger partial charge < -0.3 is 30.9 Å². The molecule has 10 nitrogen and oxygen atoms in total. The second kappa shape index (κ2) is 17.0. The molecule has 0 aliphatic heterocycles. The Morgan fingerprint density at radius 3 is 2.29 bits per heavy atom. The van der Waals surface area contributed by atoms with Crippen LogP contribution >= 0.6 is 0 Å². The molecule has 0 spiro atoms. The highest BCUT2D eigenvalue weighted by atomic mass is 16.6. The minimum atomic E-state index is -1.21. The van der Waals surface area contributed by atoms with E-state index >= 15 is 0 Å². The highest BCUT2D eigenvalue weighted by Crippen LogP contribution is 2.28. The summed E-state index contributed by atoms with van der Waals surface area (Å²) in [5.41, 5.74) is 0.424. The summed E-state index contributed by atoms with van der Waals surface area (Å²) in [7, 11) is 0. The number of alkyl carbamates (subject to hydrolysis) is 1. The number of aliphatic carboxylic acids is 1. The molecule has 1 aromatic rings. The summed E-state index contributed by atoms with van der Waals surface area (Å²) in [5.74, 6) is -2.70. The molecule has 4 atom stereocenters. The highest BCUT2D eigenvalue weighted by molar-refractivity contribution is 5.88. The van der Waals surface area contributed by atoms with Crippen molar-refractivity contribution >= 4 is 23.9 Å². The van der Waals surface area contributed by atoms with Gasteiger partial charge in [0.15, 0.2) is 0 Å². The minimum Gasteiger partial charge on any atom is -0.481 e. The summed E-state index contributed by atoms with van der Waals surface area (Å²) in [5, 5.41) is 28.6. The molecule has 1 unspecified atom stereocenters. The lowest BCUT2D eigenvalue weighted by Crippen LogP contribution is -2.51. The number of carboxylic acid groups (broad SMARTS) is 1. The fourth-order valence-electron chi connectivity index (χ4n) is 5.10. The van der Waals surface area contributed by atoms with Gasteiger partial charge in [-0.05, 0) is 57.9 Å². The van der Waals surface area contributed by atoms with E-state index in [0.29, 0.717) is 25.3 Å². The summed E-state index contributed by atoms with van der Waals surface area (Å²) in [6.45, 7) is 7.09. The highest BCUT2D eigenvalue weighted by Gasteiger charge is 2.31. The molecule has 1 aliphatic carbocycles. The molecular weight excluding hydrogens is 526 g/mol. The van der Waals surface area contributed by atoms with Crippen molar-refractivity contribution in [1.82, 2.24) is 16.0 Å². The van der Waals surface area contributed by atoms with Gasteiger partial charge in [-0.15, -0.1) is 0 Å². The van der Waals surface area contributed by atoms with Crippen molar-refractivity contribution in [3.05, 3.63) is 35.9 Å². The molecule has 230 valence electrons. The lowest BCUT2D eigenvalue weighted by molar-refractivity contribution is -0.142. The van der Waals surface area contributed by atoms with Crippen LogP contribution in [0.1, 0.15) is 91.0 Å². The smallest absolute Gasteiger partial charge is 0.407 e. The summed E-state index contributed by atoms with van der Waals surface area (Å²) >= 11 is 0. The van der Waals surface area contributed by atoms with Gasteiger partial charge in [0.2, 0.25) is 11.8 Å². The van der Waals surface area contributed by atoms with Crippen LogP contribution in [-0.4, -0.2) is 64.4 Å². The molecule has 0 heterocycles. The summed E-state index contributed by atoms with van der Waals surface area (Å²) in [6.07, 6.45) is 4.95. The predicted molar refractivity (Wildman–Crippen MR) is 156 cm³/mol. The normalized spacial score (nSPS) is 17.0. The van der Waals surface area contributed by atoms with Crippen molar-refractivity contribution < 1.29 is 34.1 Å². The van der Waals surface area contributed by atoms with Crippen LogP contribution in [0, 0.1) is 11.8 Å². The Hall–Kier alpha value is -3.14. The lowest BCUT2D eigenvalue weighted by Gasteiger charge is -2.31. The number of hydrogen-bond acceptors (Lipinski definition) is 6. The molecule has 0 bridgehead atoms. The van der Waals surface area contributed by atoms with E-state index in [4.69, 9.17) is 4.74 Å². The number of carbonyl (C=O) groups excluding carboxylic acids is 3. The summed E-state index contributed by atoms with van der Waals surface area (Å²) in [4.78, 5) is 50.0. The number of nitrogens with one attached hydrogen (secondary N) is 3. The fourth-order valence-corrected chi connectivity index (χ4v) is 5.10. The van der Waals surface area contributed by atoms with Crippen LogP contribution in [0.15, 0.2) is 30.3 Å². The number of benzene rings is 1. The van der Waals surface area contributed by atoms with E-state index < -0.39 is 53.6 Å². The van der Waals surface area contributed by atoms with Crippen molar-refractivity contribution in [1.29, 1.82) is 0 Å². The van der Waals surface area contributed by atoms with Gasteiger partial charge in [0.05, 0.1) is 24.5 Å². The van der Waals surface area contributed by atoms with E-state index in [1.54, 1.807) is 20.8 Å². The van der Waals surface area contributed by atoms with Gasteiger partial charge in [-0.3, -0.25) is 14.4 Å². The zero-order valence-electron chi connectivity index (χ0n) is 25.0. The van der Waals surface area contributed by atoms with Crippen LogP contribution in [-0.2, 0) is 25.5 Å². The first-order valence-electron chi connectivity index (χ1n) is 14.9. The van der Waals surface area contributed by atoms with Gasteiger partial charge in [-0.1, -0.05) is 69.4 Å². The van der Waals surface area contributed by atoms with Gasteiger partial charge >= 0.3 is 12.1 Å². The number of ether oxygens (including phenoxy) is 1. The fraction of sp³-hybridized carbons (Fsp3) is 0.677. The average Bonchev–Trinajstić information content (AvgIpc) is 2.90. The Morgan fingerprint density at radius 1 is 1.02 bits per heavy atom. The monoisotopic (exact) mass is 575 g/mol. The topological polar surface area (TPSA) is 154 Å². The van der Waals surface area contributed by atoms with E-state index in [1.807, 2.05) is 30.3 Å². The number of hydrogen-bond donors (Lipinski definition) is 5. The van der Waals surface area contributed by atoms with Crippen LogP contribution in [0.3, 0.4) is 0 Å². The van der Waals surface area contributed by atoms with Crippen LogP contribution < -0.4 is 16.0 Å². The van der Waals surface area contributed by atoms with Crippen LogP contribution in [0.2, 0.25) is 0 Å². The Balaban J connectivity index is 2.00. The molecule has 1 fully saturated rings. The third kappa shape index (κ3) is 13.9. The molecule has 0 aromatic heterocycles. The SMILES string of the molecule is CC(C[C@H](NC(=O)C[C@H](O)[C@H](CC1CCCCC1)NC(=O)OC(C)(C)C)C(=O)NCCCc1ccccc1)C(=O)O. The number of carboxylic acids is 1. The van der Waals surface area contributed by atoms with Crippen molar-refractivity contribution in [2.45, 2.75) is 116 Å². The molecule has 0 radical (unpaired) electrons. The Morgan fingerprint density at radius 2 is 1.68 bits per heavy atom. The first kappa shape index (κ1) is 34.1. The van der Waals surface area contributed by atoms with E-state index in [9.17, 15) is 29.4 Å². The minimum absolute atomic E-state index is 0.0939. The second-order valence-electron chi connectivity index (χ2n) is 12.2. The summed E-state index contributed by atoms with van der Waals surface area (Å²) < 4.78 is 5.38. The van der Waals surface area contributed by atoms with Crippen LogP contribution in [0.25, 0.3) is 0 Å². The maximum absolute atomic E-state index is 13.0. The van der Waals surface area contributed by atoms with Crippen molar-refractivity contribution in [2.24, 2.45) is 11.8 Å². The van der Waals surface area contributed by atoms with Gasteiger partial charge in [0, 0.05) is 6.54 Å². The van der Waals surface area contributed by atoms with Crippen LogP contribution in [0.4, 0.5) is 4.79 Å². The van der Waals surface area contributed by atoms with E-state index in [2.05, 4.69) is 16.0 Å². The van der Waals surface area contributed by atoms with Crippen LogP contribution in [0.5, 0.6) is 0 Å². The quantitative estimate of drug-likeness (QED) is 0.198. The molecule has 1 aromatic carbocycles. The van der Waals surface area contributed by atoms with Crippen molar-refractivity contribution in [3.8, 4) is 0 Å². The number of amides is 3. The van der Waals surface area contributed by atoms with Gasteiger partial charge in [0.1, 0.15) is 11.6 Å². The Labute approximate surface area is 244 Å². The molecule has 2 rings (SSSR count). The predicted octanol–water partition coefficient (Wildman–Crippen LogP) is 3.95. The number of aryl methyl sites for hydroxylation is 1. The molecule has 3 amide bonds. The van der Waals surface area contributed by atoms with Crippen molar-refractivity contribution in [2.75, 3.05) is 6.54 Å². The van der Waals surface area contributed by atoms with E-state index in [1.165, 1.54) is 6.92 Å². The molecule has 1 saturated carbocycles. The molecule has 5 N–H and O–H groups in total. The first-order valence-corrected chi connectivity index (χ1v) is 14.9. The molecule has 41 heavy (non-hydrogen) atoms. The zero-order chi connectivity index (χ0) is 30.4. The van der Waals surface area contributed by atoms with E-state index in [-0.39, 0.29) is 12.8 Å². The largest absolute Gasteiger partial charge is 0.481 e. The third-order valence-electron chi connectivity index (χ3n) is 7.32. The lowest BCUT2D eigenvalue weighted by atomic mass is 9.83. The average molecular weight is 576 g/mol. The Bertz CT molecular complexity index is 974. The third-order valence-corrected chi connectivity index (χ3v) is 7.32. The van der Waals surface area contributed by atoms with Crippen molar-refractivity contribution in [3.63, 3.8) is 0 Å². The van der Waals surface area contributed by atoms with Gasteiger partial charge in [0.25, 0.3) is 0 Å². The maximum Gasteiger partial charge on any atom is 0.407 e. The van der Waals surface area contributed by atoms with Gasteiger partial charge in [-0.25, -0.2) is 4.79 Å². The molecule has 10 heteroatoms. The number of rotatable bonds is 15. The van der Waals surface area contributed by atoms with E-state index in [0.717, 1.165) is 44.1 Å². The maximum atomic E-state index is 13.0. The number of aliphatic hydroxyl groups excluding tert-OH is 1. The zero-order valence-corrected chi connectivity index (χ0v) is 25.0. The Kier molecular flexibility index (Phi) is 14.1. The molecule has 0 saturated heterocycles. The molecular formula is C31H49N3O7. The van der Waals surface area contributed by atoms with Gasteiger partial charge in [-0.2, -0.15) is 0 Å². The number of aliphatic hydroxyl groups is 1. The molecule has 1 aliphatic rings.